The largest absolute Gasteiger partial charge is 0.368 e. The van der Waals surface area contributed by atoms with Gasteiger partial charge in [-0.1, -0.05) is 12.8 Å². The molecule has 1 aromatic heterocycles. The van der Waals surface area contributed by atoms with Crippen LogP contribution in [0.15, 0.2) is 18.3 Å². The van der Waals surface area contributed by atoms with Crippen molar-refractivity contribution < 1.29 is 0 Å². The Morgan fingerprint density at radius 3 is 2.94 bits per heavy atom. The van der Waals surface area contributed by atoms with Crippen molar-refractivity contribution in [2.45, 2.75) is 51.1 Å². The summed E-state index contributed by atoms with van der Waals surface area (Å²) < 4.78 is 0. The summed E-state index contributed by atoms with van der Waals surface area (Å²) in [5.41, 5.74) is 8.04. The number of anilines is 1. The van der Waals surface area contributed by atoms with Crippen molar-refractivity contribution in [2.24, 2.45) is 11.7 Å². The topological polar surface area (TPSA) is 42.1 Å². The number of hydrogen-bond donors (Lipinski definition) is 1. The van der Waals surface area contributed by atoms with E-state index in [1.54, 1.807) is 0 Å². The highest BCUT2D eigenvalue weighted by molar-refractivity contribution is 5.48. The van der Waals surface area contributed by atoms with Gasteiger partial charge in [0.15, 0.2) is 0 Å². The van der Waals surface area contributed by atoms with Crippen molar-refractivity contribution in [1.82, 2.24) is 4.98 Å². The minimum absolute atomic E-state index is 0.537. The molecule has 1 saturated carbocycles. The summed E-state index contributed by atoms with van der Waals surface area (Å²) in [6.45, 7) is 1.74. The molecule has 1 saturated heterocycles. The molecule has 2 fully saturated rings. The number of pyridine rings is 1. The number of nitrogens with zero attached hydrogens (tertiary/aromatic N) is 2. The van der Waals surface area contributed by atoms with Crippen LogP contribution >= 0.6 is 0 Å². The maximum Gasteiger partial charge on any atom is 0.0560 e. The smallest absolute Gasteiger partial charge is 0.0560 e. The van der Waals surface area contributed by atoms with Crippen molar-refractivity contribution in [3.63, 3.8) is 0 Å². The van der Waals surface area contributed by atoms with Crippen LogP contribution in [0.4, 0.5) is 5.69 Å². The van der Waals surface area contributed by atoms with Crippen molar-refractivity contribution in [2.75, 3.05) is 11.4 Å². The van der Waals surface area contributed by atoms with Gasteiger partial charge in [0.2, 0.25) is 0 Å². The second-order valence-electron chi connectivity index (χ2n) is 5.66. The Morgan fingerprint density at radius 1 is 1.22 bits per heavy atom. The molecule has 2 atom stereocenters. The van der Waals surface area contributed by atoms with Crippen LogP contribution in [0, 0.1) is 5.92 Å². The molecule has 1 aromatic rings. The predicted molar refractivity (Wildman–Crippen MR) is 74.5 cm³/mol. The van der Waals surface area contributed by atoms with Gasteiger partial charge in [0.1, 0.15) is 0 Å². The van der Waals surface area contributed by atoms with E-state index in [2.05, 4.69) is 22.0 Å². The van der Waals surface area contributed by atoms with Crippen LogP contribution in [0.3, 0.4) is 0 Å². The molecule has 0 aromatic carbocycles. The number of nitrogens with two attached hydrogens (primary N) is 1. The lowest BCUT2D eigenvalue weighted by Crippen LogP contribution is -2.46. The Bertz CT molecular complexity index is 402. The van der Waals surface area contributed by atoms with Gasteiger partial charge >= 0.3 is 0 Å². The third kappa shape index (κ3) is 2.24. The molecule has 18 heavy (non-hydrogen) atoms. The first kappa shape index (κ1) is 12.0. The average Bonchev–Trinajstić information content (AvgIpc) is 2.47. The molecule has 3 rings (SSSR count). The monoisotopic (exact) mass is 245 g/mol. The van der Waals surface area contributed by atoms with Crippen LogP contribution in [0.25, 0.3) is 0 Å². The lowest BCUT2D eigenvalue weighted by molar-refractivity contribution is 0.244. The Kier molecular flexibility index (Phi) is 3.50. The quantitative estimate of drug-likeness (QED) is 0.871. The first-order chi connectivity index (χ1) is 8.88. The summed E-state index contributed by atoms with van der Waals surface area (Å²) in [7, 11) is 0. The van der Waals surface area contributed by atoms with E-state index in [0.29, 0.717) is 6.54 Å². The first-order valence-corrected chi connectivity index (χ1v) is 7.30. The Morgan fingerprint density at radius 2 is 2.06 bits per heavy atom. The van der Waals surface area contributed by atoms with Crippen LogP contribution in [-0.2, 0) is 6.54 Å². The molecule has 3 heteroatoms. The SMILES string of the molecule is NCc1cc(N2CCCC3CCCCC32)ccn1. The highest BCUT2D eigenvalue weighted by Crippen LogP contribution is 2.37. The van der Waals surface area contributed by atoms with E-state index in [1.807, 2.05) is 6.20 Å². The van der Waals surface area contributed by atoms with E-state index in [1.165, 1.54) is 50.8 Å². The predicted octanol–water partition coefficient (Wildman–Crippen LogP) is 2.70. The Hall–Kier alpha value is -1.09. The molecule has 0 radical (unpaired) electrons. The number of hydrogen-bond acceptors (Lipinski definition) is 3. The zero-order valence-electron chi connectivity index (χ0n) is 11.0. The number of rotatable bonds is 2. The highest BCUT2D eigenvalue weighted by atomic mass is 15.2. The number of fused-ring (bicyclic) bond motifs is 1. The minimum Gasteiger partial charge on any atom is -0.368 e. The van der Waals surface area contributed by atoms with Crippen LogP contribution in [0.5, 0.6) is 0 Å². The van der Waals surface area contributed by atoms with E-state index in [-0.39, 0.29) is 0 Å². The normalized spacial score (nSPS) is 27.9. The molecule has 2 N–H and O–H groups in total. The summed E-state index contributed by atoms with van der Waals surface area (Å²) in [5, 5.41) is 0. The molecule has 0 bridgehead atoms. The molecule has 3 nitrogen and oxygen atoms in total. The molecule has 0 spiro atoms. The van der Waals surface area contributed by atoms with Gasteiger partial charge in [-0.15, -0.1) is 0 Å². The van der Waals surface area contributed by atoms with Gasteiger partial charge in [-0.2, -0.15) is 0 Å². The summed E-state index contributed by atoms with van der Waals surface area (Å²) in [5.74, 6) is 0.919. The van der Waals surface area contributed by atoms with Gasteiger partial charge in [-0.3, -0.25) is 4.98 Å². The average molecular weight is 245 g/mol. The van der Waals surface area contributed by atoms with E-state index in [4.69, 9.17) is 5.73 Å². The van der Waals surface area contributed by atoms with Gasteiger partial charge < -0.3 is 10.6 Å². The van der Waals surface area contributed by atoms with Gasteiger partial charge in [0, 0.05) is 31.0 Å². The molecule has 2 heterocycles. The Balaban J connectivity index is 1.84. The highest BCUT2D eigenvalue weighted by Gasteiger charge is 2.33. The fourth-order valence-electron chi connectivity index (χ4n) is 3.70. The fourth-order valence-corrected chi connectivity index (χ4v) is 3.70. The van der Waals surface area contributed by atoms with Crippen LogP contribution in [-0.4, -0.2) is 17.6 Å². The Labute approximate surface area is 109 Å². The van der Waals surface area contributed by atoms with Crippen molar-refractivity contribution >= 4 is 5.69 Å². The standard InChI is InChI=1S/C15H23N3/c16-11-13-10-14(7-8-17-13)18-9-3-5-12-4-1-2-6-15(12)18/h7-8,10,12,15H,1-6,9,11,16H2. The maximum absolute atomic E-state index is 5.70. The molecule has 2 aliphatic rings. The second-order valence-corrected chi connectivity index (χ2v) is 5.66. The number of piperidine rings is 1. The maximum atomic E-state index is 5.70. The molecular weight excluding hydrogens is 222 g/mol. The lowest BCUT2D eigenvalue weighted by atomic mass is 9.78. The molecule has 2 unspecified atom stereocenters. The van der Waals surface area contributed by atoms with Crippen molar-refractivity contribution in [1.29, 1.82) is 0 Å². The molecule has 1 aliphatic heterocycles. The third-order valence-electron chi connectivity index (χ3n) is 4.58. The van der Waals surface area contributed by atoms with E-state index in [9.17, 15) is 0 Å². The molecule has 98 valence electrons. The van der Waals surface area contributed by atoms with E-state index >= 15 is 0 Å². The van der Waals surface area contributed by atoms with Gasteiger partial charge in [-0.05, 0) is 43.7 Å². The first-order valence-electron chi connectivity index (χ1n) is 7.30. The van der Waals surface area contributed by atoms with Crippen molar-refractivity contribution in [3.05, 3.63) is 24.0 Å². The molecular formula is C15H23N3. The summed E-state index contributed by atoms with van der Waals surface area (Å²) in [4.78, 5) is 6.92. The van der Waals surface area contributed by atoms with Gasteiger partial charge in [0.25, 0.3) is 0 Å². The molecule has 1 aliphatic carbocycles. The van der Waals surface area contributed by atoms with Crippen molar-refractivity contribution in [3.8, 4) is 0 Å². The fraction of sp³-hybridized carbons (Fsp3) is 0.667. The van der Waals surface area contributed by atoms with E-state index < -0.39 is 0 Å². The van der Waals surface area contributed by atoms with Gasteiger partial charge in [-0.25, -0.2) is 0 Å². The third-order valence-corrected chi connectivity index (χ3v) is 4.58. The summed E-state index contributed by atoms with van der Waals surface area (Å²) >= 11 is 0. The van der Waals surface area contributed by atoms with Crippen LogP contribution in [0.1, 0.15) is 44.2 Å². The lowest BCUT2D eigenvalue weighted by Gasteiger charge is -2.45. The number of aromatic nitrogens is 1. The zero-order chi connectivity index (χ0) is 12.4. The van der Waals surface area contributed by atoms with Crippen LogP contribution in [0.2, 0.25) is 0 Å². The van der Waals surface area contributed by atoms with Crippen LogP contribution < -0.4 is 10.6 Å². The zero-order valence-corrected chi connectivity index (χ0v) is 11.0. The van der Waals surface area contributed by atoms with E-state index in [0.717, 1.165) is 17.7 Å². The second kappa shape index (κ2) is 5.27. The minimum atomic E-state index is 0.537. The molecule has 0 amide bonds. The summed E-state index contributed by atoms with van der Waals surface area (Å²) in [6, 6.07) is 5.09. The summed E-state index contributed by atoms with van der Waals surface area (Å²) in [6.07, 6.45) is 10.3. The van der Waals surface area contributed by atoms with Gasteiger partial charge in [0.05, 0.1) is 5.69 Å².